The SMILES string of the molecule is CCc1cccc(N2C[C@@H](C(=O)NCC(=O)Nc3ccc(Br)cc3C)CC2=O)c1. The Morgan fingerprint density at radius 2 is 2.00 bits per heavy atom. The Morgan fingerprint density at radius 3 is 2.72 bits per heavy atom. The van der Waals surface area contributed by atoms with Gasteiger partial charge in [-0.2, -0.15) is 0 Å². The van der Waals surface area contributed by atoms with Crippen LogP contribution in [0.15, 0.2) is 46.9 Å². The van der Waals surface area contributed by atoms with E-state index >= 15 is 0 Å². The van der Waals surface area contributed by atoms with E-state index < -0.39 is 5.92 Å². The van der Waals surface area contributed by atoms with Crippen LogP contribution < -0.4 is 15.5 Å². The number of rotatable bonds is 6. The smallest absolute Gasteiger partial charge is 0.243 e. The molecule has 3 rings (SSSR count). The molecular weight excluding hydrogens is 434 g/mol. The molecule has 1 fully saturated rings. The van der Waals surface area contributed by atoms with Crippen molar-refractivity contribution in [1.82, 2.24) is 5.32 Å². The van der Waals surface area contributed by atoms with Crippen LogP contribution in [-0.2, 0) is 20.8 Å². The fourth-order valence-corrected chi connectivity index (χ4v) is 3.83. The van der Waals surface area contributed by atoms with E-state index in [0.717, 1.165) is 27.7 Å². The zero-order chi connectivity index (χ0) is 21.0. The first-order valence-electron chi connectivity index (χ1n) is 9.60. The Labute approximate surface area is 178 Å². The first-order valence-corrected chi connectivity index (χ1v) is 10.4. The highest BCUT2D eigenvalue weighted by molar-refractivity contribution is 9.10. The second-order valence-corrected chi connectivity index (χ2v) is 8.07. The van der Waals surface area contributed by atoms with E-state index in [0.29, 0.717) is 12.2 Å². The van der Waals surface area contributed by atoms with Gasteiger partial charge in [0.15, 0.2) is 0 Å². The fraction of sp³-hybridized carbons (Fsp3) is 0.318. The van der Waals surface area contributed by atoms with Gasteiger partial charge in [0.1, 0.15) is 0 Å². The molecule has 6 nitrogen and oxygen atoms in total. The maximum atomic E-state index is 12.5. The van der Waals surface area contributed by atoms with Crippen molar-refractivity contribution >= 4 is 45.0 Å². The lowest BCUT2D eigenvalue weighted by atomic mass is 10.1. The van der Waals surface area contributed by atoms with Crippen molar-refractivity contribution in [3.63, 3.8) is 0 Å². The molecule has 29 heavy (non-hydrogen) atoms. The minimum atomic E-state index is -0.463. The lowest BCUT2D eigenvalue weighted by Gasteiger charge is -2.17. The van der Waals surface area contributed by atoms with E-state index in [1.54, 1.807) is 11.0 Å². The van der Waals surface area contributed by atoms with Crippen LogP contribution in [0, 0.1) is 12.8 Å². The lowest BCUT2D eigenvalue weighted by Crippen LogP contribution is -2.38. The van der Waals surface area contributed by atoms with Gasteiger partial charge in [-0.25, -0.2) is 0 Å². The Hall–Kier alpha value is -2.67. The summed E-state index contributed by atoms with van der Waals surface area (Å²) in [6, 6.07) is 13.3. The quantitative estimate of drug-likeness (QED) is 0.697. The van der Waals surface area contributed by atoms with E-state index in [1.165, 1.54) is 0 Å². The van der Waals surface area contributed by atoms with E-state index in [9.17, 15) is 14.4 Å². The third kappa shape index (κ3) is 5.23. The maximum Gasteiger partial charge on any atom is 0.243 e. The molecule has 0 bridgehead atoms. The van der Waals surface area contributed by atoms with Gasteiger partial charge in [-0.15, -0.1) is 0 Å². The first kappa shape index (κ1) is 21.0. The summed E-state index contributed by atoms with van der Waals surface area (Å²) in [7, 11) is 0. The minimum absolute atomic E-state index is 0.0756. The number of aryl methyl sites for hydroxylation is 2. The summed E-state index contributed by atoms with van der Waals surface area (Å²) < 4.78 is 0.932. The molecule has 7 heteroatoms. The number of nitrogens with one attached hydrogen (secondary N) is 2. The Balaban J connectivity index is 1.54. The third-order valence-corrected chi connectivity index (χ3v) is 5.51. The highest BCUT2D eigenvalue weighted by atomic mass is 79.9. The Bertz CT molecular complexity index is 945. The van der Waals surface area contributed by atoms with Crippen molar-refractivity contribution in [2.45, 2.75) is 26.7 Å². The molecule has 0 radical (unpaired) electrons. The van der Waals surface area contributed by atoms with Crippen molar-refractivity contribution < 1.29 is 14.4 Å². The van der Waals surface area contributed by atoms with E-state index in [-0.39, 0.29) is 30.7 Å². The molecule has 0 saturated carbocycles. The van der Waals surface area contributed by atoms with Gasteiger partial charge in [0, 0.05) is 28.8 Å². The zero-order valence-corrected chi connectivity index (χ0v) is 18.1. The van der Waals surface area contributed by atoms with Crippen LogP contribution in [0.5, 0.6) is 0 Å². The predicted octanol–water partition coefficient (Wildman–Crippen LogP) is 3.43. The molecule has 1 aliphatic heterocycles. The third-order valence-electron chi connectivity index (χ3n) is 5.01. The summed E-state index contributed by atoms with van der Waals surface area (Å²) >= 11 is 3.38. The number of carbonyl (C=O) groups excluding carboxylic acids is 3. The van der Waals surface area contributed by atoms with Crippen LogP contribution in [0.3, 0.4) is 0 Å². The molecule has 2 aromatic rings. The molecule has 0 spiro atoms. The van der Waals surface area contributed by atoms with Crippen LogP contribution in [0.25, 0.3) is 0 Å². The van der Waals surface area contributed by atoms with Gasteiger partial charge in [0.05, 0.1) is 12.5 Å². The number of nitrogens with zero attached hydrogens (tertiary/aromatic N) is 1. The molecule has 3 amide bonds. The summed E-state index contributed by atoms with van der Waals surface area (Å²) in [4.78, 5) is 38.7. The molecule has 1 aliphatic rings. The summed E-state index contributed by atoms with van der Waals surface area (Å²) in [5.41, 5.74) is 3.58. The van der Waals surface area contributed by atoms with Crippen molar-refractivity contribution in [1.29, 1.82) is 0 Å². The molecule has 1 saturated heterocycles. The second kappa shape index (κ2) is 9.22. The van der Waals surface area contributed by atoms with Crippen molar-refractivity contribution in [2.75, 3.05) is 23.3 Å². The van der Waals surface area contributed by atoms with Gasteiger partial charge < -0.3 is 15.5 Å². The van der Waals surface area contributed by atoms with E-state index in [2.05, 4.69) is 33.5 Å². The largest absolute Gasteiger partial charge is 0.347 e. The van der Waals surface area contributed by atoms with Crippen LogP contribution >= 0.6 is 15.9 Å². The van der Waals surface area contributed by atoms with Crippen LogP contribution in [0.1, 0.15) is 24.5 Å². The molecule has 0 unspecified atom stereocenters. The Morgan fingerprint density at radius 1 is 1.21 bits per heavy atom. The van der Waals surface area contributed by atoms with E-state index in [4.69, 9.17) is 0 Å². The standard InChI is InChI=1S/C22H24BrN3O3/c1-3-15-5-4-6-18(10-15)26-13-16(11-21(26)28)22(29)24-12-20(27)25-19-8-7-17(23)9-14(19)2/h4-10,16H,3,11-13H2,1-2H3,(H,24,29)(H,25,27)/t16-/m0/s1. The minimum Gasteiger partial charge on any atom is -0.347 e. The lowest BCUT2D eigenvalue weighted by molar-refractivity contribution is -0.127. The topological polar surface area (TPSA) is 78.5 Å². The number of amides is 3. The molecule has 2 aromatic carbocycles. The summed E-state index contributed by atoms with van der Waals surface area (Å²) in [5, 5.41) is 5.44. The molecule has 2 N–H and O–H groups in total. The highest BCUT2D eigenvalue weighted by Crippen LogP contribution is 2.26. The van der Waals surface area contributed by atoms with Gasteiger partial charge in [-0.3, -0.25) is 14.4 Å². The second-order valence-electron chi connectivity index (χ2n) is 7.15. The average Bonchev–Trinajstić information content (AvgIpc) is 3.10. The van der Waals surface area contributed by atoms with Gasteiger partial charge in [-0.1, -0.05) is 35.0 Å². The molecule has 152 valence electrons. The van der Waals surface area contributed by atoms with Gasteiger partial charge in [-0.05, 0) is 54.8 Å². The first-order chi connectivity index (χ1) is 13.9. The van der Waals surface area contributed by atoms with Crippen LogP contribution in [0.2, 0.25) is 0 Å². The molecule has 1 heterocycles. The van der Waals surface area contributed by atoms with Crippen molar-refractivity contribution in [3.05, 3.63) is 58.1 Å². The number of hydrogen-bond acceptors (Lipinski definition) is 3. The van der Waals surface area contributed by atoms with Gasteiger partial charge >= 0.3 is 0 Å². The number of halogens is 1. The average molecular weight is 458 g/mol. The van der Waals surface area contributed by atoms with Gasteiger partial charge in [0.25, 0.3) is 0 Å². The number of anilines is 2. The van der Waals surface area contributed by atoms with Gasteiger partial charge in [0.2, 0.25) is 17.7 Å². The monoisotopic (exact) mass is 457 g/mol. The zero-order valence-electron chi connectivity index (χ0n) is 16.5. The number of hydrogen-bond donors (Lipinski definition) is 2. The molecule has 0 aliphatic carbocycles. The highest BCUT2D eigenvalue weighted by Gasteiger charge is 2.35. The summed E-state index contributed by atoms with van der Waals surface area (Å²) in [6.07, 6.45) is 1.03. The Kier molecular flexibility index (Phi) is 6.69. The molecule has 1 atom stereocenters. The summed E-state index contributed by atoms with van der Waals surface area (Å²) in [6.45, 7) is 4.14. The number of benzene rings is 2. The normalized spacial score (nSPS) is 16.0. The fourth-order valence-electron chi connectivity index (χ4n) is 3.35. The molecule has 0 aromatic heterocycles. The maximum absolute atomic E-state index is 12.5. The van der Waals surface area contributed by atoms with E-state index in [1.807, 2.05) is 43.3 Å². The predicted molar refractivity (Wildman–Crippen MR) is 117 cm³/mol. The molecular formula is C22H24BrN3O3. The van der Waals surface area contributed by atoms with Crippen molar-refractivity contribution in [3.8, 4) is 0 Å². The summed E-state index contributed by atoms with van der Waals surface area (Å²) in [5.74, 6) is -1.13. The van der Waals surface area contributed by atoms with Crippen LogP contribution in [0.4, 0.5) is 11.4 Å². The van der Waals surface area contributed by atoms with Crippen molar-refractivity contribution in [2.24, 2.45) is 5.92 Å². The van der Waals surface area contributed by atoms with Crippen LogP contribution in [-0.4, -0.2) is 30.8 Å². The number of carbonyl (C=O) groups is 3.